The Balaban J connectivity index is 2.09. The first-order valence-corrected chi connectivity index (χ1v) is 4.82. The van der Waals surface area contributed by atoms with E-state index in [1.54, 1.807) is 18.3 Å². The molecule has 0 saturated heterocycles. The Bertz CT molecular complexity index is 484. The summed E-state index contributed by atoms with van der Waals surface area (Å²) in [4.78, 5) is 11.4. The number of fused-ring (bicyclic) bond motifs is 2. The molecule has 0 radical (unpaired) electrons. The molecule has 0 bridgehead atoms. The number of benzene rings is 1. The monoisotopic (exact) mass is 219 g/mol. The molecule has 1 aromatic rings. The predicted molar refractivity (Wildman–Crippen MR) is 56.8 cm³/mol. The third-order valence-corrected chi connectivity index (χ3v) is 2.35. The van der Waals surface area contributed by atoms with Gasteiger partial charge < -0.3 is 20.2 Å². The van der Waals surface area contributed by atoms with Crippen LogP contribution in [0.25, 0.3) is 0 Å². The fourth-order valence-electron chi connectivity index (χ4n) is 1.60. The van der Waals surface area contributed by atoms with Gasteiger partial charge in [0.2, 0.25) is 12.7 Å². The number of anilines is 1. The maximum absolute atomic E-state index is 11.4. The van der Waals surface area contributed by atoms with Crippen molar-refractivity contribution in [2.75, 3.05) is 18.7 Å². The van der Waals surface area contributed by atoms with Crippen molar-refractivity contribution in [1.82, 2.24) is 5.43 Å². The smallest absolute Gasteiger partial charge is 0.245 e. The summed E-state index contributed by atoms with van der Waals surface area (Å²) in [5, 5.41) is 6.68. The molecule has 2 aliphatic heterocycles. The maximum Gasteiger partial charge on any atom is 0.245 e. The summed E-state index contributed by atoms with van der Waals surface area (Å²) >= 11 is 0. The average Bonchev–Trinajstić information content (AvgIpc) is 2.68. The minimum atomic E-state index is -0.142. The molecule has 2 aliphatic rings. The first-order chi connectivity index (χ1) is 7.83. The van der Waals surface area contributed by atoms with Crippen LogP contribution in [0.5, 0.6) is 11.5 Å². The number of hydrogen-bond donors (Lipinski definition) is 2. The van der Waals surface area contributed by atoms with E-state index < -0.39 is 0 Å². The van der Waals surface area contributed by atoms with Gasteiger partial charge in [0.1, 0.15) is 6.54 Å². The van der Waals surface area contributed by atoms with Crippen molar-refractivity contribution in [1.29, 1.82) is 0 Å². The lowest BCUT2D eigenvalue weighted by molar-refractivity contribution is -0.115. The molecule has 0 aliphatic carbocycles. The van der Waals surface area contributed by atoms with Crippen LogP contribution in [0, 0.1) is 0 Å². The Morgan fingerprint density at radius 3 is 2.94 bits per heavy atom. The van der Waals surface area contributed by atoms with E-state index in [-0.39, 0.29) is 19.2 Å². The van der Waals surface area contributed by atoms with Gasteiger partial charge in [0.25, 0.3) is 0 Å². The summed E-state index contributed by atoms with van der Waals surface area (Å²) in [5.41, 5.74) is 4.09. The summed E-state index contributed by atoms with van der Waals surface area (Å²) in [6, 6.07) is 3.53. The molecular weight excluding hydrogens is 210 g/mol. The third-order valence-electron chi connectivity index (χ3n) is 2.35. The van der Waals surface area contributed by atoms with Crippen LogP contribution in [-0.2, 0) is 4.79 Å². The Kier molecular flexibility index (Phi) is 1.92. The van der Waals surface area contributed by atoms with Gasteiger partial charge in [0.15, 0.2) is 11.5 Å². The van der Waals surface area contributed by atoms with Crippen LogP contribution in [-0.4, -0.2) is 25.5 Å². The number of hydrogen-bond acceptors (Lipinski definition) is 5. The number of carbonyl (C=O) groups excluding carboxylic acids is 1. The molecule has 1 aromatic carbocycles. The molecule has 0 spiro atoms. The van der Waals surface area contributed by atoms with E-state index >= 15 is 0 Å². The van der Waals surface area contributed by atoms with Crippen molar-refractivity contribution in [2.45, 2.75) is 0 Å². The van der Waals surface area contributed by atoms with Crippen LogP contribution < -0.4 is 20.2 Å². The quantitative estimate of drug-likeness (QED) is 0.658. The Morgan fingerprint density at radius 1 is 1.25 bits per heavy atom. The molecule has 0 unspecified atom stereocenters. The number of amides is 1. The molecule has 1 amide bonds. The van der Waals surface area contributed by atoms with E-state index in [0.717, 1.165) is 5.56 Å². The second kappa shape index (κ2) is 3.41. The van der Waals surface area contributed by atoms with E-state index in [1.807, 2.05) is 0 Å². The van der Waals surface area contributed by atoms with Gasteiger partial charge >= 0.3 is 0 Å². The standard InChI is InChI=1S/C10H9N3O3/c14-10-4-12-11-3-6-1-8-9(16-5-15-8)2-7(6)13-10/h1-3,12H,4-5H2,(H,13,14)/b11-3-. The van der Waals surface area contributed by atoms with Crippen molar-refractivity contribution in [3.63, 3.8) is 0 Å². The van der Waals surface area contributed by atoms with Crippen LogP contribution in [0.1, 0.15) is 5.56 Å². The topological polar surface area (TPSA) is 72.0 Å². The first-order valence-electron chi connectivity index (χ1n) is 4.82. The van der Waals surface area contributed by atoms with E-state index in [0.29, 0.717) is 17.2 Å². The molecule has 0 fully saturated rings. The third kappa shape index (κ3) is 1.44. The minimum absolute atomic E-state index is 0.142. The highest BCUT2D eigenvalue weighted by molar-refractivity contribution is 6.00. The molecule has 6 heteroatoms. The van der Waals surface area contributed by atoms with Gasteiger partial charge in [-0.25, -0.2) is 0 Å². The molecule has 2 N–H and O–H groups in total. The molecule has 0 saturated carbocycles. The first kappa shape index (κ1) is 9.02. The molecule has 16 heavy (non-hydrogen) atoms. The van der Waals surface area contributed by atoms with Crippen molar-refractivity contribution in [3.8, 4) is 11.5 Å². The summed E-state index contributed by atoms with van der Waals surface area (Å²) in [6.45, 7) is 0.367. The Hall–Kier alpha value is -2.24. The Morgan fingerprint density at radius 2 is 2.06 bits per heavy atom. The molecule has 6 nitrogen and oxygen atoms in total. The van der Waals surface area contributed by atoms with Gasteiger partial charge in [-0.05, 0) is 6.07 Å². The molecule has 0 aromatic heterocycles. The highest BCUT2D eigenvalue weighted by atomic mass is 16.7. The molecule has 0 atom stereocenters. The summed E-state index contributed by atoms with van der Waals surface area (Å²) in [5.74, 6) is 1.16. The maximum atomic E-state index is 11.4. The number of nitrogens with one attached hydrogen (secondary N) is 2. The lowest BCUT2D eigenvalue weighted by Gasteiger charge is -2.12. The van der Waals surface area contributed by atoms with E-state index in [9.17, 15) is 4.79 Å². The Labute approximate surface area is 91.2 Å². The summed E-state index contributed by atoms with van der Waals surface area (Å²) < 4.78 is 10.5. The summed E-state index contributed by atoms with van der Waals surface area (Å²) in [6.07, 6.45) is 1.64. The normalized spacial score (nSPS) is 18.9. The molecule has 3 rings (SSSR count). The highest BCUT2D eigenvalue weighted by Crippen LogP contribution is 2.36. The van der Waals surface area contributed by atoms with Crippen molar-refractivity contribution >= 4 is 17.8 Å². The lowest BCUT2D eigenvalue weighted by atomic mass is 10.1. The SMILES string of the molecule is O=C1CN/N=C\c2cc3c(cc2N1)OCO3. The number of rotatable bonds is 0. The van der Waals surface area contributed by atoms with Crippen LogP contribution in [0.4, 0.5) is 5.69 Å². The van der Waals surface area contributed by atoms with Gasteiger partial charge in [-0.15, -0.1) is 0 Å². The number of hydrazone groups is 1. The fraction of sp³-hybridized carbons (Fsp3) is 0.200. The highest BCUT2D eigenvalue weighted by Gasteiger charge is 2.18. The van der Waals surface area contributed by atoms with E-state index in [4.69, 9.17) is 9.47 Å². The van der Waals surface area contributed by atoms with Gasteiger partial charge in [-0.3, -0.25) is 4.79 Å². The molecule has 2 heterocycles. The van der Waals surface area contributed by atoms with E-state index in [1.165, 1.54) is 0 Å². The van der Waals surface area contributed by atoms with Crippen LogP contribution in [0.3, 0.4) is 0 Å². The minimum Gasteiger partial charge on any atom is -0.454 e. The zero-order chi connectivity index (χ0) is 11.0. The number of nitrogens with zero attached hydrogens (tertiary/aromatic N) is 1. The van der Waals surface area contributed by atoms with Gasteiger partial charge in [-0.1, -0.05) is 0 Å². The largest absolute Gasteiger partial charge is 0.454 e. The van der Waals surface area contributed by atoms with E-state index in [2.05, 4.69) is 15.8 Å². The van der Waals surface area contributed by atoms with Gasteiger partial charge in [-0.2, -0.15) is 5.10 Å². The molecular formula is C10H9N3O3. The van der Waals surface area contributed by atoms with Crippen LogP contribution in [0.2, 0.25) is 0 Å². The fourth-order valence-corrected chi connectivity index (χ4v) is 1.60. The second-order valence-electron chi connectivity index (χ2n) is 3.43. The van der Waals surface area contributed by atoms with Crippen molar-refractivity contribution in [3.05, 3.63) is 17.7 Å². The lowest BCUT2D eigenvalue weighted by Crippen LogP contribution is -2.27. The zero-order valence-corrected chi connectivity index (χ0v) is 8.32. The number of ether oxygens (including phenoxy) is 2. The zero-order valence-electron chi connectivity index (χ0n) is 8.32. The number of carbonyl (C=O) groups is 1. The van der Waals surface area contributed by atoms with Gasteiger partial charge in [0.05, 0.1) is 11.9 Å². The van der Waals surface area contributed by atoms with Crippen LogP contribution in [0.15, 0.2) is 17.2 Å². The average molecular weight is 219 g/mol. The van der Waals surface area contributed by atoms with Gasteiger partial charge in [0, 0.05) is 11.6 Å². The predicted octanol–water partition coefficient (Wildman–Crippen LogP) is 0.291. The molecule has 82 valence electrons. The van der Waals surface area contributed by atoms with Crippen LogP contribution >= 0.6 is 0 Å². The van der Waals surface area contributed by atoms with Crippen molar-refractivity contribution in [2.24, 2.45) is 5.10 Å². The second-order valence-corrected chi connectivity index (χ2v) is 3.43. The van der Waals surface area contributed by atoms with Crippen molar-refractivity contribution < 1.29 is 14.3 Å². The summed E-state index contributed by atoms with van der Waals surface area (Å²) in [7, 11) is 0.